The number of allylic oxidation sites excluding steroid dienone is 1. The van der Waals surface area contributed by atoms with Crippen molar-refractivity contribution in [3.8, 4) is 0 Å². The van der Waals surface area contributed by atoms with Crippen LogP contribution in [-0.2, 0) is 47.6 Å². The molecule has 9 unspecified atom stereocenters. The van der Waals surface area contributed by atoms with Gasteiger partial charge in [-0.2, -0.15) is 0 Å². The number of rotatable bonds is 11. The number of aliphatic hydroxyl groups excluding tert-OH is 2. The third-order valence-electron chi connectivity index (χ3n) is 13.0. The van der Waals surface area contributed by atoms with E-state index in [1.807, 2.05) is 0 Å². The molecule has 1 saturated heterocycles. The number of alkyl carbamates (subject to hydrolysis) is 1. The molecule has 328 valence electrons. The van der Waals surface area contributed by atoms with Gasteiger partial charge in [-0.05, 0) is 49.6 Å². The molecule has 2 bridgehead atoms. The molecule has 2 aromatic carbocycles. The Hall–Kier alpha value is -5.42. The van der Waals surface area contributed by atoms with E-state index in [4.69, 9.17) is 28.4 Å². The number of amides is 1. The van der Waals surface area contributed by atoms with Gasteiger partial charge in [-0.25, -0.2) is 14.4 Å². The van der Waals surface area contributed by atoms with Crippen LogP contribution in [0.1, 0.15) is 83.3 Å². The average molecular weight is 848 g/mol. The van der Waals surface area contributed by atoms with Gasteiger partial charge in [-0.3, -0.25) is 14.4 Å². The summed E-state index contributed by atoms with van der Waals surface area (Å²) >= 11 is 0. The third kappa shape index (κ3) is 7.86. The first-order valence-corrected chi connectivity index (χ1v) is 20.1. The van der Waals surface area contributed by atoms with Gasteiger partial charge in [0.1, 0.15) is 30.5 Å². The Morgan fingerprint density at radius 2 is 1.59 bits per heavy atom. The maximum Gasteiger partial charge on any atom is 0.408 e. The molecule has 4 aliphatic rings. The molecule has 1 amide bonds. The van der Waals surface area contributed by atoms with Gasteiger partial charge in [0.25, 0.3) is 0 Å². The lowest BCUT2D eigenvalue weighted by atomic mass is 9.44. The number of esters is 4. The van der Waals surface area contributed by atoms with Crippen LogP contribution in [0, 0.1) is 16.7 Å². The summed E-state index contributed by atoms with van der Waals surface area (Å²) in [6.07, 6.45) is -8.29. The second-order valence-electron chi connectivity index (χ2n) is 16.8. The molecule has 6 rings (SSSR count). The first-order valence-electron chi connectivity index (χ1n) is 20.1. The fourth-order valence-corrected chi connectivity index (χ4v) is 9.76. The highest BCUT2D eigenvalue weighted by Gasteiger charge is 2.78. The van der Waals surface area contributed by atoms with Gasteiger partial charge < -0.3 is 49.1 Å². The van der Waals surface area contributed by atoms with Crippen LogP contribution in [0.25, 0.3) is 0 Å². The predicted molar refractivity (Wildman–Crippen MR) is 213 cm³/mol. The van der Waals surface area contributed by atoms with Crippen LogP contribution in [-0.4, -0.2) is 112 Å². The summed E-state index contributed by atoms with van der Waals surface area (Å²) in [5, 5.41) is 39.8. The van der Waals surface area contributed by atoms with Crippen LogP contribution in [0.2, 0.25) is 0 Å². The Labute approximate surface area is 353 Å². The summed E-state index contributed by atoms with van der Waals surface area (Å²) < 4.78 is 35.3. The Morgan fingerprint density at radius 3 is 2.16 bits per heavy atom. The van der Waals surface area contributed by atoms with Crippen molar-refractivity contribution in [3.63, 3.8) is 0 Å². The summed E-state index contributed by atoms with van der Waals surface area (Å²) in [5.74, 6) is -6.31. The molecule has 3 fully saturated rings. The standard InChI is InChI=1S/C45H53NO15/c1-8-9-20-56-41(54)46-33(27-16-12-10-13-17-27)34(50)40(53)59-29-22-45(55)38(60-39(52)28-18-14-11-15-19-28)36-43(7,30(49)21-31-44(36,23-57-31)61-26(4)48)37(51)35(58-25(3)47)32(24(29)2)42(45,5)6/h8-19,29-31,33-36,38,49-50,55H,20-23H2,1-7H3,(H,46,54)/t29?,30?,31?,33?,34?,35?,36?,38?,43-,44+,45?/m1/s1. The minimum Gasteiger partial charge on any atom is -0.456 e. The quantitative estimate of drug-likeness (QED) is 0.144. The van der Waals surface area contributed by atoms with Crippen molar-refractivity contribution in [2.45, 2.75) is 115 Å². The molecule has 16 nitrogen and oxygen atoms in total. The second kappa shape index (κ2) is 17.2. The number of hydrogen-bond acceptors (Lipinski definition) is 15. The van der Waals surface area contributed by atoms with Gasteiger partial charge in [0.15, 0.2) is 23.6 Å². The highest BCUT2D eigenvalue weighted by molar-refractivity contribution is 5.95. The van der Waals surface area contributed by atoms with Crippen LogP contribution >= 0.6 is 0 Å². The molecule has 4 N–H and O–H groups in total. The molecule has 1 heterocycles. The maximum absolute atomic E-state index is 15.4. The second-order valence-corrected chi connectivity index (χ2v) is 16.8. The van der Waals surface area contributed by atoms with Crippen molar-refractivity contribution in [3.05, 3.63) is 95.1 Å². The van der Waals surface area contributed by atoms with Crippen LogP contribution < -0.4 is 5.32 Å². The SMILES string of the molecule is CC=CCOC(=O)NC(c1ccccc1)C(O)C(=O)OC1CC2(O)C(OC(=O)c3ccccc3)C3[C@]4(OC(C)=O)COC4CC(O)[C@@]3(C)C(=O)C(OC(C)=O)C(=C1C)C2(C)C. The molecule has 2 aromatic rings. The number of ketones is 1. The predicted octanol–water partition coefficient (Wildman–Crippen LogP) is 3.61. The van der Waals surface area contributed by atoms with E-state index in [9.17, 15) is 39.3 Å². The van der Waals surface area contributed by atoms with E-state index < -0.39 is 113 Å². The van der Waals surface area contributed by atoms with Crippen LogP contribution in [0.3, 0.4) is 0 Å². The number of carbonyl (C=O) groups excluding carboxylic acids is 6. The number of Topliss-reactive ketones (excluding diaryl/α,β-unsaturated/α-hetero) is 1. The molecule has 2 saturated carbocycles. The summed E-state index contributed by atoms with van der Waals surface area (Å²) in [7, 11) is 0. The number of ether oxygens (including phenoxy) is 6. The van der Waals surface area contributed by atoms with E-state index in [1.165, 1.54) is 26.0 Å². The van der Waals surface area contributed by atoms with E-state index in [1.54, 1.807) is 81.5 Å². The Bertz CT molecular complexity index is 2100. The molecule has 61 heavy (non-hydrogen) atoms. The zero-order chi connectivity index (χ0) is 44.7. The van der Waals surface area contributed by atoms with E-state index in [0.717, 1.165) is 13.8 Å². The van der Waals surface area contributed by atoms with Crippen LogP contribution in [0.5, 0.6) is 0 Å². The third-order valence-corrected chi connectivity index (χ3v) is 13.0. The fraction of sp³-hybridized carbons (Fsp3) is 0.511. The molecular weight excluding hydrogens is 794 g/mol. The van der Waals surface area contributed by atoms with Crippen molar-refractivity contribution in [1.82, 2.24) is 5.32 Å². The normalized spacial score (nSPS) is 32.3. The lowest BCUT2D eigenvalue weighted by Crippen LogP contribution is -2.82. The average Bonchev–Trinajstić information content (AvgIpc) is 3.21. The van der Waals surface area contributed by atoms with E-state index in [-0.39, 0.29) is 36.3 Å². The number of aliphatic hydroxyl groups is 3. The number of nitrogens with one attached hydrogen (secondary N) is 1. The van der Waals surface area contributed by atoms with Gasteiger partial charge in [0.2, 0.25) is 0 Å². The first kappa shape index (κ1) is 45.1. The van der Waals surface area contributed by atoms with Crippen molar-refractivity contribution in [2.75, 3.05) is 13.2 Å². The zero-order valence-corrected chi connectivity index (χ0v) is 35.1. The van der Waals surface area contributed by atoms with Gasteiger partial charge in [0.05, 0.1) is 35.6 Å². The van der Waals surface area contributed by atoms with Gasteiger partial charge in [0, 0.05) is 32.1 Å². The van der Waals surface area contributed by atoms with Gasteiger partial charge in [-0.1, -0.05) is 74.5 Å². The van der Waals surface area contributed by atoms with Crippen molar-refractivity contribution >= 4 is 35.8 Å². The minimum atomic E-state index is -2.40. The first-order chi connectivity index (χ1) is 28.7. The smallest absolute Gasteiger partial charge is 0.408 e. The molecule has 0 radical (unpaired) electrons. The molecule has 1 aliphatic heterocycles. The molecular formula is C45H53NO15. The van der Waals surface area contributed by atoms with Gasteiger partial charge in [-0.15, -0.1) is 0 Å². The minimum absolute atomic E-state index is 0.0137. The largest absolute Gasteiger partial charge is 0.456 e. The number of hydrogen-bond donors (Lipinski definition) is 4. The Morgan fingerprint density at radius 1 is 0.951 bits per heavy atom. The highest BCUT2D eigenvalue weighted by atomic mass is 16.6. The number of benzene rings is 2. The molecule has 11 atom stereocenters. The summed E-state index contributed by atoms with van der Waals surface area (Å²) in [6.45, 7) is 9.56. The molecule has 16 heteroatoms. The van der Waals surface area contributed by atoms with E-state index in [0.29, 0.717) is 5.56 Å². The number of fused-ring (bicyclic) bond motifs is 5. The molecule has 0 spiro atoms. The Balaban J connectivity index is 1.53. The lowest BCUT2D eigenvalue weighted by Gasteiger charge is -2.67. The summed E-state index contributed by atoms with van der Waals surface area (Å²) in [4.78, 5) is 82.6. The molecule has 0 aromatic heterocycles. The van der Waals surface area contributed by atoms with E-state index in [2.05, 4.69) is 5.32 Å². The lowest BCUT2D eigenvalue weighted by molar-refractivity contribution is -0.346. The van der Waals surface area contributed by atoms with Crippen LogP contribution in [0.4, 0.5) is 4.79 Å². The summed E-state index contributed by atoms with van der Waals surface area (Å²) in [5.41, 5.74) is -7.37. The maximum atomic E-state index is 15.4. The molecule has 3 aliphatic carbocycles. The summed E-state index contributed by atoms with van der Waals surface area (Å²) in [6, 6.07) is 14.5. The van der Waals surface area contributed by atoms with Crippen molar-refractivity contribution in [2.24, 2.45) is 16.7 Å². The van der Waals surface area contributed by atoms with E-state index >= 15 is 4.79 Å². The Kier molecular flexibility index (Phi) is 12.7. The fourth-order valence-electron chi connectivity index (χ4n) is 9.76. The zero-order valence-electron chi connectivity index (χ0n) is 35.1. The topological polar surface area (TPSA) is 231 Å². The van der Waals surface area contributed by atoms with Crippen molar-refractivity contribution < 1.29 is 72.5 Å². The number of carbonyl (C=O) groups is 6. The van der Waals surface area contributed by atoms with Gasteiger partial charge >= 0.3 is 30.0 Å². The monoisotopic (exact) mass is 847 g/mol. The van der Waals surface area contributed by atoms with Crippen LogP contribution in [0.15, 0.2) is 84.0 Å². The highest BCUT2D eigenvalue weighted by Crippen LogP contribution is 2.64. The van der Waals surface area contributed by atoms with Crippen molar-refractivity contribution in [1.29, 1.82) is 0 Å².